The zero-order chi connectivity index (χ0) is 18.9. The van der Waals surface area contributed by atoms with E-state index in [2.05, 4.69) is 15.4 Å². The van der Waals surface area contributed by atoms with Gasteiger partial charge in [-0.15, -0.1) is 0 Å². The fraction of sp³-hybridized carbons (Fsp3) is 0.632. The maximum absolute atomic E-state index is 12.8. The van der Waals surface area contributed by atoms with Crippen LogP contribution >= 0.6 is 0 Å². The van der Waals surface area contributed by atoms with Gasteiger partial charge in [-0.1, -0.05) is 27.7 Å². The summed E-state index contributed by atoms with van der Waals surface area (Å²) in [6, 6.07) is 1.96. The second-order valence-electron chi connectivity index (χ2n) is 8.09. The fourth-order valence-electron chi connectivity index (χ4n) is 3.12. The van der Waals surface area contributed by atoms with Crippen molar-refractivity contribution in [2.75, 3.05) is 6.54 Å². The van der Waals surface area contributed by atoms with Crippen LogP contribution in [0.15, 0.2) is 12.3 Å². The van der Waals surface area contributed by atoms with Crippen LogP contribution in [0, 0.1) is 18.3 Å². The third-order valence-electron chi connectivity index (χ3n) is 4.57. The minimum atomic E-state index is -0.490. The second-order valence-corrected chi connectivity index (χ2v) is 8.09. The molecule has 0 aliphatic heterocycles. The lowest BCUT2D eigenvalue weighted by molar-refractivity contribution is 0.0138. The highest BCUT2D eigenvalue weighted by Crippen LogP contribution is 2.26. The first-order valence-corrected chi connectivity index (χ1v) is 8.85. The van der Waals surface area contributed by atoms with Crippen LogP contribution in [0.5, 0.6) is 0 Å². The lowest BCUT2D eigenvalue weighted by Gasteiger charge is -2.33. The summed E-state index contributed by atoms with van der Waals surface area (Å²) >= 11 is 0. The van der Waals surface area contributed by atoms with Gasteiger partial charge in [-0.2, -0.15) is 5.10 Å². The van der Waals surface area contributed by atoms with Crippen molar-refractivity contribution in [2.45, 2.75) is 60.6 Å². The summed E-state index contributed by atoms with van der Waals surface area (Å²) in [5, 5.41) is 18.4. The smallest absolute Gasteiger partial charge is 0.252 e. The molecule has 0 spiro atoms. The maximum Gasteiger partial charge on any atom is 0.252 e. The first kappa shape index (κ1) is 19.4. The van der Waals surface area contributed by atoms with Crippen LogP contribution in [-0.2, 0) is 0 Å². The number of pyridine rings is 1. The SMILES string of the molecule is Cc1cc(C(=O)NCC(C)(C)C(O)C(C)C)c2cnn(C(C)C)c2n1. The molecule has 6 nitrogen and oxygen atoms in total. The highest BCUT2D eigenvalue weighted by Gasteiger charge is 2.31. The number of rotatable bonds is 6. The Hall–Kier alpha value is -1.95. The maximum atomic E-state index is 12.8. The highest BCUT2D eigenvalue weighted by atomic mass is 16.3. The van der Waals surface area contributed by atoms with Crippen LogP contribution in [0.25, 0.3) is 11.0 Å². The molecule has 138 valence electrons. The third kappa shape index (κ3) is 4.00. The average molecular weight is 346 g/mol. The number of hydrogen-bond donors (Lipinski definition) is 2. The van der Waals surface area contributed by atoms with Gasteiger partial charge in [-0.25, -0.2) is 9.67 Å². The molecule has 25 heavy (non-hydrogen) atoms. The van der Waals surface area contributed by atoms with Gasteiger partial charge in [0.05, 0.1) is 23.3 Å². The minimum Gasteiger partial charge on any atom is -0.392 e. The third-order valence-corrected chi connectivity index (χ3v) is 4.57. The first-order chi connectivity index (χ1) is 11.5. The molecule has 2 heterocycles. The van der Waals surface area contributed by atoms with Gasteiger partial charge in [0.1, 0.15) is 0 Å². The van der Waals surface area contributed by atoms with Crippen LogP contribution in [0.3, 0.4) is 0 Å². The van der Waals surface area contributed by atoms with Crippen LogP contribution in [0.1, 0.15) is 63.6 Å². The molecule has 0 aromatic carbocycles. The Balaban J connectivity index is 2.28. The number of aliphatic hydroxyl groups excluding tert-OH is 1. The number of carbonyl (C=O) groups is 1. The van der Waals surface area contributed by atoms with Crippen molar-refractivity contribution in [3.63, 3.8) is 0 Å². The molecule has 0 aliphatic carbocycles. The lowest BCUT2D eigenvalue weighted by Crippen LogP contribution is -2.43. The molecule has 0 bridgehead atoms. The van der Waals surface area contributed by atoms with Gasteiger partial charge in [0.2, 0.25) is 0 Å². The van der Waals surface area contributed by atoms with Crippen LogP contribution in [0.2, 0.25) is 0 Å². The molecule has 1 unspecified atom stereocenters. The molecule has 2 aromatic rings. The largest absolute Gasteiger partial charge is 0.392 e. The van der Waals surface area contributed by atoms with Crippen LogP contribution in [0.4, 0.5) is 0 Å². The number of amides is 1. The summed E-state index contributed by atoms with van der Waals surface area (Å²) in [4.78, 5) is 17.3. The molecule has 2 N–H and O–H groups in total. The number of fused-ring (bicyclic) bond motifs is 1. The number of aromatic nitrogens is 3. The van der Waals surface area contributed by atoms with Crippen molar-refractivity contribution in [3.8, 4) is 0 Å². The minimum absolute atomic E-state index is 0.131. The summed E-state index contributed by atoms with van der Waals surface area (Å²) in [6.07, 6.45) is 1.21. The normalized spacial score (nSPS) is 13.7. The number of aliphatic hydroxyl groups is 1. The molecule has 2 rings (SSSR count). The van der Waals surface area contributed by atoms with Gasteiger partial charge in [0.25, 0.3) is 5.91 Å². The van der Waals surface area contributed by atoms with E-state index in [0.717, 1.165) is 16.7 Å². The zero-order valence-electron chi connectivity index (χ0n) is 16.3. The quantitative estimate of drug-likeness (QED) is 0.842. The summed E-state index contributed by atoms with van der Waals surface area (Å²) in [7, 11) is 0. The predicted molar refractivity (Wildman–Crippen MR) is 99.6 cm³/mol. The van der Waals surface area contributed by atoms with Crippen molar-refractivity contribution in [1.29, 1.82) is 0 Å². The average Bonchev–Trinajstić information content (AvgIpc) is 2.94. The molecule has 1 amide bonds. The summed E-state index contributed by atoms with van der Waals surface area (Å²) in [6.45, 7) is 14.2. The van der Waals surface area contributed by atoms with Crippen molar-refractivity contribution >= 4 is 16.9 Å². The molecular formula is C19H30N4O2. The number of aryl methyl sites for hydroxylation is 1. The summed E-state index contributed by atoms with van der Waals surface area (Å²) < 4.78 is 1.82. The monoisotopic (exact) mass is 346 g/mol. The van der Waals surface area contributed by atoms with E-state index in [1.165, 1.54) is 0 Å². The first-order valence-electron chi connectivity index (χ1n) is 8.85. The van der Waals surface area contributed by atoms with Crippen molar-refractivity contribution in [3.05, 3.63) is 23.5 Å². The molecule has 2 aromatic heterocycles. The Morgan fingerprint density at radius 1 is 1.32 bits per heavy atom. The van der Waals surface area contributed by atoms with Gasteiger partial charge in [-0.3, -0.25) is 4.79 Å². The second kappa shape index (κ2) is 7.12. The van der Waals surface area contributed by atoms with Gasteiger partial charge in [-0.05, 0) is 32.8 Å². The predicted octanol–water partition coefficient (Wildman–Crippen LogP) is 3.09. The Bertz CT molecular complexity index is 762. The number of hydrogen-bond acceptors (Lipinski definition) is 4. The fourth-order valence-corrected chi connectivity index (χ4v) is 3.12. The lowest BCUT2D eigenvalue weighted by atomic mass is 9.80. The van der Waals surface area contributed by atoms with Crippen LogP contribution < -0.4 is 5.32 Å². The highest BCUT2D eigenvalue weighted by molar-refractivity contribution is 6.05. The molecule has 0 radical (unpaired) electrons. The molecular weight excluding hydrogens is 316 g/mol. The van der Waals surface area contributed by atoms with E-state index < -0.39 is 11.5 Å². The van der Waals surface area contributed by atoms with Crippen molar-refractivity contribution in [2.24, 2.45) is 11.3 Å². The Morgan fingerprint density at radius 2 is 1.96 bits per heavy atom. The number of nitrogens with one attached hydrogen (secondary N) is 1. The summed E-state index contributed by atoms with van der Waals surface area (Å²) in [5.41, 5.74) is 1.67. The Labute approximate surface area is 149 Å². The standard InChI is InChI=1S/C19H30N4O2/c1-11(2)16(24)19(6,7)10-20-18(25)14-8-13(5)22-17-15(14)9-21-23(17)12(3)4/h8-9,11-12,16,24H,10H2,1-7H3,(H,20,25). The van der Waals surface area contributed by atoms with E-state index in [1.807, 2.05) is 53.1 Å². The number of nitrogens with zero attached hydrogens (tertiary/aromatic N) is 3. The Morgan fingerprint density at radius 3 is 2.52 bits per heavy atom. The van der Waals surface area contributed by atoms with E-state index in [9.17, 15) is 9.90 Å². The van der Waals surface area contributed by atoms with Gasteiger partial charge >= 0.3 is 0 Å². The van der Waals surface area contributed by atoms with E-state index in [-0.39, 0.29) is 17.9 Å². The number of carbonyl (C=O) groups excluding carboxylic acids is 1. The zero-order valence-corrected chi connectivity index (χ0v) is 16.3. The molecule has 6 heteroatoms. The van der Waals surface area contributed by atoms with Gasteiger partial charge in [0, 0.05) is 23.7 Å². The molecule has 0 aliphatic rings. The van der Waals surface area contributed by atoms with E-state index in [1.54, 1.807) is 12.3 Å². The van der Waals surface area contributed by atoms with Crippen LogP contribution in [-0.4, -0.2) is 38.4 Å². The van der Waals surface area contributed by atoms with Gasteiger partial charge in [0.15, 0.2) is 5.65 Å². The van der Waals surface area contributed by atoms with Crippen molar-refractivity contribution in [1.82, 2.24) is 20.1 Å². The summed E-state index contributed by atoms with van der Waals surface area (Å²) in [5.74, 6) is -0.0334. The van der Waals surface area contributed by atoms with E-state index in [4.69, 9.17) is 0 Å². The molecule has 1 atom stereocenters. The molecule has 0 fully saturated rings. The van der Waals surface area contributed by atoms with Gasteiger partial charge < -0.3 is 10.4 Å². The van der Waals surface area contributed by atoms with E-state index >= 15 is 0 Å². The Kier molecular flexibility index (Phi) is 5.52. The topological polar surface area (TPSA) is 80.0 Å². The molecule has 0 saturated carbocycles. The van der Waals surface area contributed by atoms with E-state index in [0.29, 0.717) is 12.1 Å². The molecule has 0 saturated heterocycles. The van der Waals surface area contributed by atoms with Crippen molar-refractivity contribution < 1.29 is 9.90 Å².